The van der Waals surface area contributed by atoms with Gasteiger partial charge in [-0.3, -0.25) is 9.10 Å². The molecule has 0 aliphatic rings. The molecule has 2 rings (SSSR count). The van der Waals surface area contributed by atoms with E-state index in [4.69, 9.17) is 23.2 Å². The lowest BCUT2D eigenvalue weighted by Crippen LogP contribution is -2.48. The molecule has 0 spiro atoms. The maximum Gasteiger partial charge on any atom is 0.243 e. The lowest BCUT2D eigenvalue weighted by Gasteiger charge is -2.28. The molecule has 1 atom stereocenters. The maximum atomic E-state index is 12.5. The third kappa shape index (κ3) is 6.40. The predicted octanol–water partition coefficient (Wildman–Crippen LogP) is 4.21. The van der Waals surface area contributed by atoms with E-state index in [1.54, 1.807) is 0 Å². The van der Waals surface area contributed by atoms with Gasteiger partial charge in [0.15, 0.2) is 0 Å². The van der Waals surface area contributed by atoms with Crippen molar-refractivity contribution in [1.82, 2.24) is 5.32 Å². The summed E-state index contributed by atoms with van der Waals surface area (Å²) in [6, 6.07) is 11.7. The molecule has 2 aromatic rings. The van der Waals surface area contributed by atoms with Crippen LogP contribution in [0.15, 0.2) is 42.5 Å². The molecule has 1 amide bonds. The van der Waals surface area contributed by atoms with Crippen molar-refractivity contribution in [2.24, 2.45) is 0 Å². The minimum absolute atomic E-state index is 0.252. The van der Waals surface area contributed by atoms with Gasteiger partial charge in [-0.2, -0.15) is 0 Å². The number of nitrogens with zero attached hydrogens (tertiary/aromatic N) is 1. The summed E-state index contributed by atoms with van der Waals surface area (Å²) in [5, 5.41) is 3.39. The Morgan fingerprint density at radius 1 is 1.11 bits per heavy atom. The highest BCUT2D eigenvalue weighted by atomic mass is 35.5. The number of anilines is 1. The average Bonchev–Trinajstić information content (AvgIpc) is 2.58. The van der Waals surface area contributed by atoms with Crippen LogP contribution in [-0.4, -0.2) is 33.2 Å². The van der Waals surface area contributed by atoms with Crippen molar-refractivity contribution in [1.29, 1.82) is 0 Å². The van der Waals surface area contributed by atoms with Crippen LogP contribution in [0.5, 0.6) is 0 Å². The highest BCUT2D eigenvalue weighted by Crippen LogP contribution is 2.28. The van der Waals surface area contributed by atoms with Crippen LogP contribution < -0.4 is 9.62 Å². The molecule has 5 nitrogen and oxygen atoms in total. The lowest BCUT2D eigenvalue weighted by molar-refractivity contribution is -0.121. The second kappa shape index (κ2) is 9.63. The quantitative estimate of drug-likeness (QED) is 0.622. The molecule has 0 aromatic heterocycles. The van der Waals surface area contributed by atoms with E-state index in [2.05, 4.69) is 29.6 Å². The van der Waals surface area contributed by atoms with E-state index in [-0.39, 0.29) is 11.6 Å². The summed E-state index contributed by atoms with van der Waals surface area (Å²) in [6.45, 7) is 4.02. The fourth-order valence-electron chi connectivity index (χ4n) is 2.88. The number of carbonyl (C=O) groups excluding carboxylic acids is 1. The zero-order valence-corrected chi connectivity index (χ0v) is 18.4. The second-order valence-electron chi connectivity index (χ2n) is 6.74. The normalized spacial score (nSPS) is 12.5. The molecule has 152 valence electrons. The Balaban J connectivity index is 2.02. The third-order valence-corrected chi connectivity index (χ3v) is 5.93. The summed E-state index contributed by atoms with van der Waals surface area (Å²) in [5.41, 5.74) is 2.65. The number of amides is 1. The first-order chi connectivity index (χ1) is 13.1. The third-order valence-electron chi connectivity index (χ3n) is 4.25. The van der Waals surface area contributed by atoms with Crippen LogP contribution in [0.3, 0.4) is 0 Å². The second-order valence-corrected chi connectivity index (χ2v) is 9.47. The van der Waals surface area contributed by atoms with Gasteiger partial charge >= 0.3 is 0 Å². The molecule has 0 aliphatic heterocycles. The molecule has 8 heteroatoms. The number of rotatable bonds is 8. The van der Waals surface area contributed by atoms with Crippen LogP contribution in [0, 0.1) is 6.92 Å². The van der Waals surface area contributed by atoms with E-state index in [9.17, 15) is 13.2 Å². The maximum absolute atomic E-state index is 12.5. The van der Waals surface area contributed by atoms with Gasteiger partial charge in [-0.15, -0.1) is 0 Å². The van der Waals surface area contributed by atoms with Gasteiger partial charge < -0.3 is 5.32 Å². The molecule has 0 saturated carbocycles. The van der Waals surface area contributed by atoms with Crippen LogP contribution in [-0.2, 0) is 21.2 Å². The van der Waals surface area contributed by atoms with Crippen LogP contribution in [0.25, 0.3) is 0 Å². The van der Waals surface area contributed by atoms with Crippen LogP contribution in [0.2, 0.25) is 10.0 Å². The van der Waals surface area contributed by atoms with Crippen molar-refractivity contribution < 1.29 is 13.2 Å². The number of aryl methyl sites for hydroxylation is 2. The standard InChI is InChI=1S/C20H24Cl2N2O3S/c1-14-6-8-16(9-7-14)5-4-10-23-20(25)15(2)24(28(3,26)27)19-12-17(21)11-18(22)13-19/h6-9,11-13,15H,4-5,10H2,1-3H3,(H,23,25)/t15-/m1/s1. The summed E-state index contributed by atoms with van der Waals surface area (Å²) in [6.07, 6.45) is 2.63. The molecule has 0 unspecified atom stereocenters. The first-order valence-corrected chi connectivity index (χ1v) is 11.5. The minimum atomic E-state index is -3.72. The van der Waals surface area contributed by atoms with Crippen LogP contribution in [0.4, 0.5) is 5.69 Å². The lowest BCUT2D eigenvalue weighted by atomic mass is 10.1. The molecule has 0 aliphatic carbocycles. The smallest absolute Gasteiger partial charge is 0.243 e. The van der Waals surface area contributed by atoms with Gasteiger partial charge in [0.1, 0.15) is 6.04 Å². The van der Waals surface area contributed by atoms with Crippen molar-refractivity contribution in [2.75, 3.05) is 17.1 Å². The van der Waals surface area contributed by atoms with Gasteiger partial charge in [-0.25, -0.2) is 8.42 Å². The molecule has 0 fully saturated rings. The first-order valence-electron chi connectivity index (χ1n) is 8.86. The molecule has 28 heavy (non-hydrogen) atoms. The topological polar surface area (TPSA) is 66.5 Å². The van der Waals surface area contributed by atoms with E-state index in [0.29, 0.717) is 16.6 Å². The summed E-state index contributed by atoms with van der Waals surface area (Å²) in [4.78, 5) is 12.5. The fraction of sp³-hybridized carbons (Fsp3) is 0.350. The molecule has 0 heterocycles. The minimum Gasteiger partial charge on any atom is -0.354 e. The number of hydrogen-bond acceptors (Lipinski definition) is 3. The largest absolute Gasteiger partial charge is 0.354 e. The van der Waals surface area contributed by atoms with E-state index in [1.807, 2.05) is 6.92 Å². The molecule has 0 radical (unpaired) electrons. The Morgan fingerprint density at radius 2 is 1.68 bits per heavy atom. The number of halogens is 2. The number of nitrogens with one attached hydrogen (secondary N) is 1. The monoisotopic (exact) mass is 442 g/mol. The Morgan fingerprint density at radius 3 is 2.21 bits per heavy atom. The molecule has 2 aromatic carbocycles. The zero-order valence-electron chi connectivity index (χ0n) is 16.1. The Labute approximate surface area is 176 Å². The van der Waals surface area contributed by atoms with Gasteiger partial charge in [-0.05, 0) is 50.5 Å². The number of benzene rings is 2. The van der Waals surface area contributed by atoms with Crippen molar-refractivity contribution in [3.8, 4) is 0 Å². The van der Waals surface area contributed by atoms with Gasteiger partial charge in [0.05, 0.1) is 11.9 Å². The molecular formula is C20H24Cl2N2O3S. The average molecular weight is 443 g/mol. The number of sulfonamides is 1. The number of carbonyl (C=O) groups is 1. The van der Waals surface area contributed by atoms with E-state index in [0.717, 1.165) is 23.4 Å². The zero-order chi connectivity index (χ0) is 20.9. The van der Waals surface area contributed by atoms with Gasteiger partial charge in [-0.1, -0.05) is 53.0 Å². The van der Waals surface area contributed by atoms with Gasteiger partial charge in [0.25, 0.3) is 0 Å². The molecular weight excluding hydrogens is 419 g/mol. The Bertz CT molecular complexity index is 911. The fourth-order valence-corrected chi connectivity index (χ4v) is 4.55. The highest BCUT2D eigenvalue weighted by Gasteiger charge is 2.29. The SMILES string of the molecule is Cc1ccc(CCCNC(=O)[C@@H](C)N(c2cc(Cl)cc(Cl)c2)S(C)(=O)=O)cc1. The molecule has 0 saturated heterocycles. The summed E-state index contributed by atoms with van der Waals surface area (Å²) < 4.78 is 25.6. The van der Waals surface area contributed by atoms with Crippen LogP contribution in [0.1, 0.15) is 24.5 Å². The van der Waals surface area contributed by atoms with Crippen molar-refractivity contribution in [3.05, 3.63) is 63.6 Å². The van der Waals surface area contributed by atoms with Gasteiger partial charge in [0, 0.05) is 16.6 Å². The highest BCUT2D eigenvalue weighted by molar-refractivity contribution is 7.92. The van der Waals surface area contributed by atoms with E-state index in [1.165, 1.54) is 36.2 Å². The summed E-state index contributed by atoms with van der Waals surface area (Å²) in [5.74, 6) is -0.384. The summed E-state index contributed by atoms with van der Waals surface area (Å²) in [7, 11) is -3.72. The van der Waals surface area contributed by atoms with E-state index < -0.39 is 16.1 Å². The molecule has 1 N–H and O–H groups in total. The van der Waals surface area contributed by atoms with Crippen LogP contribution >= 0.6 is 23.2 Å². The van der Waals surface area contributed by atoms with Gasteiger partial charge in [0.2, 0.25) is 15.9 Å². The Hall–Kier alpha value is -1.76. The number of hydrogen-bond donors (Lipinski definition) is 1. The van der Waals surface area contributed by atoms with Crippen molar-refractivity contribution >= 4 is 44.8 Å². The predicted molar refractivity (Wildman–Crippen MR) is 116 cm³/mol. The van der Waals surface area contributed by atoms with E-state index >= 15 is 0 Å². The van der Waals surface area contributed by atoms with Crippen molar-refractivity contribution in [2.45, 2.75) is 32.7 Å². The summed E-state index contributed by atoms with van der Waals surface area (Å²) >= 11 is 12.0. The Kier molecular flexibility index (Phi) is 7.75. The van der Waals surface area contributed by atoms with Crippen molar-refractivity contribution in [3.63, 3.8) is 0 Å². The molecule has 0 bridgehead atoms. The first kappa shape index (κ1) is 22.5.